The lowest BCUT2D eigenvalue weighted by Crippen LogP contribution is -2.56. The van der Waals surface area contributed by atoms with Crippen molar-refractivity contribution in [3.8, 4) is 0 Å². The van der Waals surface area contributed by atoms with Gasteiger partial charge < -0.3 is 14.4 Å². The van der Waals surface area contributed by atoms with E-state index in [-0.39, 0.29) is 24.4 Å². The lowest BCUT2D eigenvalue weighted by Gasteiger charge is -2.34. The Balaban J connectivity index is 1.88. The van der Waals surface area contributed by atoms with E-state index < -0.39 is 29.7 Å². The molecule has 0 aliphatic carbocycles. The Morgan fingerprint density at radius 2 is 1.62 bits per heavy atom. The third-order valence-corrected chi connectivity index (χ3v) is 7.05. The first-order chi connectivity index (χ1) is 18.6. The minimum atomic E-state index is -0.712. The van der Waals surface area contributed by atoms with Gasteiger partial charge in [-0.1, -0.05) is 67.6 Å². The quantitative estimate of drug-likeness (QED) is 0.405. The number of esters is 2. The molecular weight excluding hydrogens is 492 g/mol. The van der Waals surface area contributed by atoms with Gasteiger partial charge in [0.25, 0.3) is 0 Å². The van der Waals surface area contributed by atoms with Crippen molar-refractivity contribution in [2.75, 3.05) is 13.2 Å². The SMILES string of the molecule is CCOC(=O)[C@H](CCc1ccccc1)NC1CCC(c2ccccc2)CN(C(CC)C(=O)OC(C)(C)C)C1=O. The molecule has 1 aliphatic heterocycles. The van der Waals surface area contributed by atoms with Crippen molar-refractivity contribution in [1.29, 1.82) is 0 Å². The molecule has 1 heterocycles. The molecule has 0 bridgehead atoms. The van der Waals surface area contributed by atoms with Crippen molar-refractivity contribution >= 4 is 17.8 Å². The molecule has 1 N–H and O–H groups in total. The number of rotatable bonds is 11. The summed E-state index contributed by atoms with van der Waals surface area (Å²) in [5, 5.41) is 3.35. The van der Waals surface area contributed by atoms with Crippen molar-refractivity contribution in [2.45, 2.75) is 96.4 Å². The van der Waals surface area contributed by atoms with E-state index >= 15 is 0 Å². The molecule has 0 aromatic heterocycles. The summed E-state index contributed by atoms with van der Waals surface area (Å²) in [7, 11) is 0. The lowest BCUT2D eigenvalue weighted by molar-refractivity contribution is -0.165. The Morgan fingerprint density at radius 1 is 0.974 bits per heavy atom. The van der Waals surface area contributed by atoms with Gasteiger partial charge in [-0.05, 0) is 70.9 Å². The Labute approximate surface area is 233 Å². The van der Waals surface area contributed by atoms with E-state index in [4.69, 9.17) is 9.47 Å². The van der Waals surface area contributed by atoms with Gasteiger partial charge in [0.05, 0.1) is 12.6 Å². The van der Waals surface area contributed by atoms with Crippen molar-refractivity contribution in [1.82, 2.24) is 10.2 Å². The number of nitrogens with one attached hydrogen (secondary N) is 1. The van der Waals surface area contributed by atoms with Gasteiger partial charge in [0.15, 0.2) is 0 Å². The summed E-state index contributed by atoms with van der Waals surface area (Å²) < 4.78 is 11.1. The number of hydrogen-bond donors (Lipinski definition) is 1. The van der Waals surface area contributed by atoms with Gasteiger partial charge in [0, 0.05) is 12.5 Å². The van der Waals surface area contributed by atoms with Crippen LogP contribution in [-0.2, 0) is 30.3 Å². The molecule has 3 unspecified atom stereocenters. The highest BCUT2D eigenvalue weighted by Crippen LogP contribution is 2.30. The van der Waals surface area contributed by atoms with Crippen LogP contribution in [0.15, 0.2) is 60.7 Å². The number of carbonyl (C=O) groups is 3. The van der Waals surface area contributed by atoms with Crippen LogP contribution in [0.4, 0.5) is 0 Å². The molecule has 1 amide bonds. The summed E-state index contributed by atoms with van der Waals surface area (Å²) in [5.41, 5.74) is 1.58. The first kappa shape index (κ1) is 30.4. The Morgan fingerprint density at radius 3 is 2.21 bits per heavy atom. The van der Waals surface area contributed by atoms with E-state index in [1.807, 2.05) is 76.2 Å². The summed E-state index contributed by atoms with van der Waals surface area (Å²) in [4.78, 5) is 42.0. The van der Waals surface area contributed by atoms with E-state index in [2.05, 4.69) is 17.4 Å². The molecule has 7 nitrogen and oxygen atoms in total. The van der Waals surface area contributed by atoms with Crippen molar-refractivity contribution in [2.24, 2.45) is 0 Å². The summed E-state index contributed by atoms with van der Waals surface area (Å²) in [6.07, 6.45) is 2.88. The molecule has 1 aliphatic rings. The summed E-state index contributed by atoms with van der Waals surface area (Å²) in [6.45, 7) is 9.84. The van der Waals surface area contributed by atoms with Crippen molar-refractivity contribution < 1.29 is 23.9 Å². The van der Waals surface area contributed by atoms with Crippen LogP contribution in [0, 0.1) is 0 Å². The molecule has 39 heavy (non-hydrogen) atoms. The highest BCUT2D eigenvalue weighted by atomic mass is 16.6. The van der Waals surface area contributed by atoms with Gasteiger partial charge in [0.1, 0.15) is 17.7 Å². The van der Waals surface area contributed by atoms with Crippen molar-refractivity contribution in [3.63, 3.8) is 0 Å². The maximum absolute atomic E-state index is 14.1. The maximum atomic E-state index is 14.1. The molecule has 1 saturated heterocycles. The fraction of sp³-hybridized carbons (Fsp3) is 0.531. The number of hydrogen-bond acceptors (Lipinski definition) is 6. The number of amides is 1. The zero-order valence-electron chi connectivity index (χ0n) is 24.0. The second kappa shape index (κ2) is 14.3. The topological polar surface area (TPSA) is 84.9 Å². The molecule has 2 aromatic carbocycles. The Bertz CT molecular complexity index is 1070. The fourth-order valence-corrected chi connectivity index (χ4v) is 5.14. The summed E-state index contributed by atoms with van der Waals surface area (Å²) in [5.74, 6) is -0.892. The van der Waals surface area contributed by atoms with Crippen LogP contribution in [0.5, 0.6) is 0 Å². The van der Waals surface area contributed by atoms with Crippen LogP contribution in [-0.4, -0.2) is 59.6 Å². The number of carbonyl (C=O) groups excluding carboxylic acids is 3. The minimum Gasteiger partial charge on any atom is -0.465 e. The summed E-state index contributed by atoms with van der Waals surface area (Å²) in [6, 6.07) is 18.1. The number of nitrogens with zero attached hydrogens (tertiary/aromatic N) is 1. The third-order valence-electron chi connectivity index (χ3n) is 7.05. The molecule has 0 radical (unpaired) electrons. The predicted octanol–water partition coefficient (Wildman–Crippen LogP) is 5.04. The fourth-order valence-electron chi connectivity index (χ4n) is 5.14. The van der Waals surface area contributed by atoms with Gasteiger partial charge >= 0.3 is 11.9 Å². The van der Waals surface area contributed by atoms with E-state index in [0.29, 0.717) is 32.2 Å². The van der Waals surface area contributed by atoms with Gasteiger partial charge in [-0.2, -0.15) is 0 Å². The van der Waals surface area contributed by atoms with Gasteiger partial charge in [-0.25, -0.2) is 4.79 Å². The first-order valence-corrected chi connectivity index (χ1v) is 14.2. The third kappa shape index (κ3) is 8.92. The lowest BCUT2D eigenvalue weighted by atomic mass is 9.93. The van der Waals surface area contributed by atoms with Crippen LogP contribution in [0.2, 0.25) is 0 Å². The molecule has 3 rings (SSSR count). The van der Waals surface area contributed by atoms with E-state index in [9.17, 15) is 14.4 Å². The van der Waals surface area contributed by atoms with Gasteiger partial charge in [0.2, 0.25) is 5.91 Å². The molecule has 1 fully saturated rings. The maximum Gasteiger partial charge on any atom is 0.329 e. The zero-order chi connectivity index (χ0) is 28.4. The van der Waals surface area contributed by atoms with Crippen LogP contribution in [0.25, 0.3) is 0 Å². The number of ether oxygens (including phenoxy) is 2. The van der Waals surface area contributed by atoms with Crippen LogP contribution in [0.1, 0.15) is 77.3 Å². The number of benzene rings is 2. The zero-order valence-corrected chi connectivity index (χ0v) is 24.0. The minimum absolute atomic E-state index is 0.0591. The van der Waals surface area contributed by atoms with Crippen LogP contribution in [0.3, 0.4) is 0 Å². The van der Waals surface area contributed by atoms with Crippen molar-refractivity contribution in [3.05, 3.63) is 71.8 Å². The largest absolute Gasteiger partial charge is 0.465 e. The van der Waals surface area contributed by atoms with E-state index in [1.54, 1.807) is 11.8 Å². The molecule has 2 aromatic rings. The smallest absolute Gasteiger partial charge is 0.329 e. The second-order valence-corrected chi connectivity index (χ2v) is 11.2. The summed E-state index contributed by atoms with van der Waals surface area (Å²) >= 11 is 0. The Hall–Kier alpha value is -3.19. The van der Waals surface area contributed by atoms with Crippen LogP contribution < -0.4 is 5.32 Å². The average molecular weight is 537 g/mol. The van der Waals surface area contributed by atoms with Gasteiger partial charge in [-0.3, -0.25) is 14.9 Å². The highest BCUT2D eigenvalue weighted by Gasteiger charge is 2.40. The number of likely N-dealkylation sites (tertiary alicyclic amines) is 1. The van der Waals surface area contributed by atoms with E-state index in [1.165, 1.54) is 0 Å². The Kier molecular flexibility index (Phi) is 11.1. The molecule has 7 heteroatoms. The molecule has 4 atom stereocenters. The van der Waals surface area contributed by atoms with Crippen LogP contribution >= 0.6 is 0 Å². The standard InChI is InChI=1S/C32H44N2O5/c1-6-28(31(37)39-32(3,4)5)34-22-25(24-16-12-9-13-17-24)19-21-26(29(34)35)33-27(30(36)38-7-2)20-18-23-14-10-8-11-15-23/h8-17,25-28,33H,6-7,18-22H2,1-5H3/t25?,26?,27-,28?/m0/s1. The number of aryl methyl sites for hydroxylation is 1. The molecule has 0 saturated carbocycles. The highest BCUT2D eigenvalue weighted by molar-refractivity contribution is 5.89. The van der Waals surface area contributed by atoms with E-state index in [0.717, 1.165) is 17.5 Å². The predicted molar refractivity (Wildman–Crippen MR) is 152 cm³/mol. The molecular formula is C32H44N2O5. The molecule has 0 spiro atoms. The second-order valence-electron chi connectivity index (χ2n) is 11.2. The normalized spacial score (nSPS) is 19.6. The molecule has 212 valence electrons. The average Bonchev–Trinajstić information content (AvgIpc) is 3.06. The monoisotopic (exact) mass is 536 g/mol. The first-order valence-electron chi connectivity index (χ1n) is 14.2. The van der Waals surface area contributed by atoms with Gasteiger partial charge in [-0.15, -0.1) is 0 Å².